The van der Waals surface area contributed by atoms with E-state index in [1.165, 1.54) is 42.3 Å². The van der Waals surface area contributed by atoms with Crippen molar-refractivity contribution in [2.45, 2.75) is 31.7 Å². The Labute approximate surface area is 94.0 Å². The summed E-state index contributed by atoms with van der Waals surface area (Å²) < 4.78 is 1.18. The maximum Gasteiger partial charge on any atom is 0.112 e. The molecule has 1 aliphatic rings. The fourth-order valence-electron chi connectivity index (χ4n) is 2.13. The van der Waals surface area contributed by atoms with Crippen LogP contribution in [-0.2, 0) is 0 Å². The third-order valence-electron chi connectivity index (χ3n) is 2.97. The van der Waals surface area contributed by atoms with Gasteiger partial charge in [0, 0.05) is 16.5 Å². The summed E-state index contributed by atoms with van der Waals surface area (Å²) >= 11 is 3.47. The van der Waals surface area contributed by atoms with Crippen molar-refractivity contribution in [3.63, 3.8) is 0 Å². The first-order chi connectivity index (χ1) is 6.86. The van der Waals surface area contributed by atoms with E-state index in [0.717, 1.165) is 0 Å². The van der Waals surface area contributed by atoms with Crippen LogP contribution in [0, 0.1) is 0 Å². The van der Waals surface area contributed by atoms with E-state index in [0.29, 0.717) is 6.04 Å². The topological polar surface area (TPSA) is 16.6 Å². The molecule has 0 radical (unpaired) electrons. The van der Waals surface area contributed by atoms with Gasteiger partial charge in [-0.25, -0.2) is 0 Å². The molecule has 14 heavy (non-hydrogen) atoms. The fourth-order valence-corrected chi connectivity index (χ4v) is 2.40. The van der Waals surface area contributed by atoms with Crippen LogP contribution in [0.25, 0.3) is 0 Å². The van der Waals surface area contributed by atoms with E-state index in [9.17, 15) is 0 Å². The molecule has 0 spiro atoms. The van der Waals surface area contributed by atoms with Crippen LogP contribution in [0.1, 0.15) is 37.3 Å². The van der Waals surface area contributed by atoms with E-state index >= 15 is 0 Å². The van der Waals surface area contributed by atoms with Crippen LogP contribution in [-0.4, -0.2) is 6.54 Å². The van der Waals surface area contributed by atoms with Gasteiger partial charge in [-0.15, -0.1) is 0 Å². The molecule has 76 valence electrons. The van der Waals surface area contributed by atoms with Crippen molar-refractivity contribution in [2.24, 2.45) is 0 Å². The summed E-state index contributed by atoms with van der Waals surface area (Å²) in [5.41, 5.74) is 1.48. The van der Waals surface area contributed by atoms with Crippen molar-refractivity contribution in [3.8, 4) is 0 Å². The number of halogens is 1. The maximum atomic E-state index is 3.47. The zero-order valence-corrected chi connectivity index (χ0v) is 9.96. The molecule has 1 nitrogen and oxygen atoms in total. The first-order valence-corrected chi connectivity index (χ1v) is 6.24. The Morgan fingerprint density at radius 1 is 1.07 bits per heavy atom. The van der Waals surface area contributed by atoms with E-state index in [2.05, 4.69) is 45.5 Å². The minimum atomic E-state index is 0.700. The van der Waals surface area contributed by atoms with Gasteiger partial charge in [0.1, 0.15) is 6.04 Å². The van der Waals surface area contributed by atoms with Gasteiger partial charge in [0.05, 0.1) is 6.54 Å². The van der Waals surface area contributed by atoms with Crippen LogP contribution in [0.15, 0.2) is 28.7 Å². The number of rotatable bonds is 1. The highest BCUT2D eigenvalue weighted by Crippen LogP contribution is 2.20. The highest BCUT2D eigenvalue weighted by molar-refractivity contribution is 9.10. The molecule has 2 heteroatoms. The normalized spacial score (nSPS) is 23.1. The number of hydrogen-bond donors (Lipinski definition) is 1. The Bertz CT molecular complexity index is 273. The number of benzene rings is 1. The summed E-state index contributed by atoms with van der Waals surface area (Å²) in [6, 6.07) is 9.49. The molecule has 0 amide bonds. The number of hydrogen-bond acceptors (Lipinski definition) is 0. The molecule has 2 rings (SSSR count). The van der Waals surface area contributed by atoms with Crippen molar-refractivity contribution in [2.75, 3.05) is 6.54 Å². The largest absolute Gasteiger partial charge is 0.340 e. The monoisotopic (exact) mass is 254 g/mol. The lowest BCUT2D eigenvalue weighted by molar-refractivity contribution is -0.694. The van der Waals surface area contributed by atoms with Crippen LogP contribution < -0.4 is 5.32 Å². The Balaban J connectivity index is 2.08. The molecule has 0 saturated carbocycles. The molecule has 1 fully saturated rings. The van der Waals surface area contributed by atoms with Crippen molar-refractivity contribution >= 4 is 15.9 Å². The van der Waals surface area contributed by atoms with Gasteiger partial charge in [-0.1, -0.05) is 28.1 Å². The van der Waals surface area contributed by atoms with Crippen LogP contribution in [0.5, 0.6) is 0 Å². The van der Waals surface area contributed by atoms with Gasteiger partial charge in [-0.05, 0) is 31.4 Å². The lowest BCUT2D eigenvalue weighted by Gasteiger charge is -2.12. The second kappa shape index (κ2) is 4.94. The zero-order chi connectivity index (χ0) is 9.80. The van der Waals surface area contributed by atoms with Crippen LogP contribution >= 0.6 is 15.9 Å². The van der Waals surface area contributed by atoms with E-state index in [1.54, 1.807) is 0 Å². The van der Waals surface area contributed by atoms with Crippen molar-refractivity contribution in [1.29, 1.82) is 0 Å². The lowest BCUT2D eigenvalue weighted by Crippen LogP contribution is -2.84. The molecule has 2 N–H and O–H groups in total. The Hall–Kier alpha value is -0.340. The van der Waals surface area contributed by atoms with Gasteiger partial charge in [-0.3, -0.25) is 0 Å². The molecule has 1 aromatic carbocycles. The molecular weight excluding hydrogens is 238 g/mol. The molecule has 1 atom stereocenters. The molecule has 1 aromatic rings. The van der Waals surface area contributed by atoms with Gasteiger partial charge in [-0.2, -0.15) is 0 Å². The third-order valence-corrected chi connectivity index (χ3v) is 3.50. The minimum Gasteiger partial charge on any atom is -0.340 e. The summed E-state index contributed by atoms with van der Waals surface area (Å²) in [4.78, 5) is 0. The first kappa shape index (κ1) is 10.2. The van der Waals surface area contributed by atoms with Crippen LogP contribution in [0.2, 0.25) is 0 Å². The Kier molecular flexibility index (Phi) is 3.60. The van der Waals surface area contributed by atoms with Gasteiger partial charge < -0.3 is 5.32 Å². The molecule has 0 aromatic heterocycles. The van der Waals surface area contributed by atoms with Gasteiger partial charge in [0.15, 0.2) is 0 Å². The molecule has 1 saturated heterocycles. The summed E-state index contributed by atoms with van der Waals surface area (Å²) in [7, 11) is 0. The molecule has 1 aliphatic heterocycles. The van der Waals surface area contributed by atoms with E-state index in [1.807, 2.05) is 0 Å². The van der Waals surface area contributed by atoms with E-state index in [-0.39, 0.29) is 0 Å². The quantitative estimate of drug-likeness (QED) is 0.794. The molecular formula is C12H17BrN+. The Morgan fingerprint density at radius 2 is 1.86 bits per heavy atom. The lowest BCUT2D eigenvalue weighted by atomic mass is 10.0. The molecule has 1 heterocycles. The highest BCUT2D eigenvalue weighted by atomic mass is 79.9. The SMILES string of the molecule is Brc1ccc([C@H]2CCCCC[NH2+]2)cc1. The predicted molar refractivity (Wildman–Crippen MR) is 62.1 cm³/mol. The van der Waals surface area contributed by atoms with Crippen LogP contribution in [0.3, 0.4) is 0 Å². The maximum absolute atomic E-state index is 3.47. The fraction of sp³-hybridized carbons (Fsp3) is 0.500. The summed E-state index contributed by atoms with van der Waals surface area (Å²) in [6.45, 7) is 1.29. The Morgan fingerprint density at radius 3 is 2.64 bits per heavy atom. The summed E-state index contributed by atoms with van der Waals surface area (Å²) in [5, 5.41) is 2.50. The number of nitrogens with two attached hydrogens (primary N) is 1. The van der Waals surface area contributed by atoms with Crippen LogP contribution in [0.4, 0.5) is 0 Å². The summed E-state index contributed by atoms with van der Waals surface area (Å²) in [5.74, 6) is 0. The van der Waals surface area contributed by atoms with Crippen molar-refractivity contribution in [1.82, 2.24) is 0 Å². The predicted octanol–water partition coefficient (Wildman–Crippen LogP) is 2.63. The van der Waals surface area contributed by atoms with Crippen molar-refractivity contribution < 1.29 is 5.32 Å². The average molecular weight is 255 g/mol. The van der Waals surface area contributed by atoms with E-state index in [4.69, 9.17) is 0 Å². The first-order valence-electron chi connectivity index (χ1n) is 5.45. The smallest absolute Gasteiger partial charge is 0.112 e. The number of quaternary nitrogens is 1. The van der Waals surface area contributed by atoms with Gasteiger partial charge in [0.25, 0.3) is 0 Å². The van der Waals surface area contributed by atoms with E-state index < -0.39 is 0 Å². The molecule has 0 aliphatic carbocycles. The molecule has 0 bridgehead atoms. The molecule has 0 unspecified atom stereocenters. The minimum absolute atomic E-state index is 0.700. The average Bonchev–Trinajstić information content (AvgIpc) is 2.47. The van der Waals surface area contributed by atoms with Gasteiger partial charge in [0.2, 0.25) is 0 Å². The second-order valence-corrected chi connectivity index (χ2v) is 4.95. The third kappa shape index (κ3) is 2.58. The van der Waals surface area contributed by atoms with Crippen molar-refractivity contribution in [3.05, 3.63) is 34.3 Å². The second-order valence-electron chi connectivity index (χ2n) is 4.03. The standard InChI is InChI=1S/C12H16BrN/c13-11-7-5-10(6-8-11)12-4-2-1-3-9-14-12/h5-8,12,14H,1-4,9H2/p+1/t12-/m1/s1. The highest BCUT2D eigenvalue weighted by Gasteiger charge is 2.16. The zero-order valence-electron chi connectivity index (χ0n) is 8.38. The van der Waals surface area contributed by atoms with Gasteiger partial charge >= 0.3 is 0 Å². The summed E-state index contributed by atoms with van der Waals surface area (Å²) in [6.07, 6.45) is 5.51.